The Morgan fingerprint density at radius 1 is 1.10 bits per heavy atom. The van der Waals surface area contributed by atoms with Crippen LogP contribution < -0.4 is 15.5 Å². The quantitative estimate of drug-likeness (QED) is 0.766. The summed E-state index contributed by atoms with van der Waals surface area (Å²) in [5.74, 6) is -0.103. The number of amides is 2. The number of hydroxylamine groups is 1. The largest absolute Gasteiger partial charge is 0.497 e. The minimum atomic E-state index is -0.662. The van der Waals surface area contributed by atoms with Gasteiger partial charge >= 0.3 is 0 Å². The van der Waals surface area contributed by atoms with Crippen molar-refractivity contribution in [1.29, 1.82) is 0 Å². The summed E-state index contributed by atoms with van der Waals surface area (Å²) in [6, 6.07) is 5.99. The Hall–Kier alpha value is -2.08. The summed E-state index contributed by atoms with van der Waals surface area (Å²) in [6.45, 7) is 3.68. The van der Waals surface area contributed by atoms with Crippen molar-refractivity contribution in [2.45, 2.75) is 19.9 Å². The van der Waals surface area contributed by atoms with Gasteiger partial charge in [0.2, 0.25) is 0 Å². The highest BCUT2D eigenvalue weighted by atomic mass is 16.6. The van der Waals surface area contributed by atoms with Crippen molar-refractivity contribution in [3.8, 4) is 5.75 Å². The smallest absolute Gasteiger partial charge is 0.266 e. The van der Waals surface area contributed by atoms with Crippen molar-refractivity contribution in [3.05, 3.63) is 29.8 Å². The highest BCUT2D eigenvalue weighted by Crippen LogP contribution is 2.12. The first-order valence-electron chi connectivity index (χ1n) is 6.27. The van der Waals surface area contributed by atoms with Crippen LogP contribution in [0.2, 0.25) is 0 Å². The number of nitrogens with one attached hydrogen (secondary N) is 2. The second-order valence-electron chi connectivity index (χ2n) is 4.59. The minimum absolute atomic E-state index is 0.0626. The van der Waals surface area contributed by atoms with Gasteiger partial charge in [-0.05, 0) is 30.2 Å². The molecule has 0 heterocycles. The molecule has 0 saturated carbocycles. The third-order valence-electron chi connectivity index (χ3n) is 2.79. The number of hydrogen-bond donors (Lipinski definition) is 2. The summed E-state index contributed by atoms with van der Waals surface area (Å²) in [4.78, 5) is 28.5. The van der Waals surface area contributed by atoms with Gasteiger partial charge in [0.15, 0.2) is 0 Å². The van der Waals surface area contributed by atoms with Crippen molar-refractivity contribution < 1.29 is 19.2 Å². The predicted molar refractivity (Wildman–Crippen MR) is 74.2 cm³/mol. The summed E-state index contributed by atoms with van der Waals surface area (Å²) in [7, 11) is 2.90. The fourth-order valence-electron chi connectivity index (χ4n) is 1.67. The molecule has 0 aliphatic carbocycles. The van der Waals surface area contributed by atoms with E-state index >= 15 is 0 Å². The van der Waals surface area contributed by atoms with Crippen LogP contribution in [0.4, 0.5) is 0 Å². The molecule has 6 heteroatoms. The van der Waals surface area contributed by atoms with Gasteiger partial charge in [0.1, 0.15) is 11.8 Å². The lowest BCUT2D eigenvalue weighted by molar-refractivity contribution is -0.134. The lowest BCUT2D eigenvalue weighted by Gasteiger charge is -2.21. The van der Waals surface area contributed by atoms with Crippen LogP contribution in [-0.4, -0.2) is 32.1 Å². The number of carbonyl (C=O) groups is 2. The molecule has 1 rings (SSSR count). The van der Waals surface area contributed by atoms with Gasteiger partial charge in [-0.1, -0.05) is 13.8 Å². The first kappa shape index (κ1) is 16.0. The maximum atomic E-state index is 12.1. The van der Waals surface area contributed by atoms with Crippen molar-refractivity contribution in [2.24, 2.45) is 5.92 Å². The Morgan fingerprint density at radius 2 is 1.70 bits per heavy atom. The average molecular weight is 280 g/mol. The lowest BCUT2D eigenvalue weighted by Crippen LogP contribution is -2.49. The third-order valence-corrected chi connectivity index (χ3v) is 2.79. The van der Waals surface area contributed by atoms with Crippen LogP contribution in [0.1, 0.15) is 24.2 Å². The van der Waals surface area contributed by atoms with E-state index in [1.807, 2.05) is 13.8 Å². The molecule has 1 aromatic carbocycles. The summed E-state index contributed by atoms with van der Waals surface area (Å²) < 4.78 is 5.03. The third kappa shape index (κ3) is 4.24. The van der Waals surface area contributed by atoms with Crippen molar-refractivity contribution in [2.75, 3.05) is 14.2 Å². The molecule has 0 spiro atoms. The number of hydrogen-bond acceptors (Lipinski definition) is 4. The SMILES string of the molecule is CONC(=O)C(NC(=O)c1ccc(OC)cc1)C(C)C. The average Bonchev–Trinajstić information content (AvgIpc) is 2.44. The van der Waals surface area contributed by atoms with Crippen LogP contribution in [0, 0.1) is 5.92 Å². The van der Waals surface area contributed by atoms with Crippen molar-refractivity contribution >= 4 is 11.8 Å². The maximum Gasteiger partial charge on any atom is 0.266 e. The molecule has 20 heavy (non-hydrogen) atoms. The highest BCUT2D eigenvalue weighted by molar-refractivity contribution is 5.97. The molecule has 110 valence electrons. The molecule has 0 aliphatic rings. The molecule has 0 radical (unpaired) electrons. The molecule has 1 aromatic rings. The van der Waals surface area contributed by atoms with E-state index in [-0.39, 0.29) is 17.7 Å². The number of rotatable bonds is 6. The van der Waals surface area contributed by atoms with E-state index in [2.05, 4.69) is 15.6 Å². The Balaban J connectivity index is 2.77. The van der Waals surface area contributed by atoms with E-state index in [4.69, 9.17) is 4.74 Å². The molecule has 1 unspecified atom stereocenters. The number of carbonyl (C=O) groups excluding carboxylic acids is 2. The van der Waals surface area contributed by atoms with Crippen LogP contribution in [0.25, 0.3) is 0 Å². The summed E-state index contributed by atoms with van der Waals surface area (Å²) in [6.07, 6.45) is 0. The topological polar surface area (TPSA) is 76.7 Å². The molecule has 0 aliphatic heterocycles. The van der Waals surface area contributed by atoms with E-state index in [1.165, 1.54) is 7.11 Å². The first-order valence-corrected chi connectivity index (χ1v) is 6.27. The number of ether oxygens (including phenoxy) is 1. The molecule has 6 nitrogen and oxygen atoms in total. The molecule has 2 amide bonds. The van der Waals surface area contributed by atoms with Crippen molar-refractivity contribution in [1.82, 2.24) is 10.8 Å². The Kier molecular flexibility index (Phi) is 5.99. The van der Waals surface area contributed by atoms with E-state index < -0.39 is 6.04 Å². The van der Waals surface area contributed by atoms with Gasteiger partial charge in [-0.3, -0.25) is 14.4 Å². The van der Waals surface area contributed by atoms with Gasteiger partial charge < -0.3 is 10.1 Å². The van der Waals surface area contributed by atoms with Gasteiger partial charge in [-0.25, -0.2) is 5.48 Å². The maximum absolute atomic E-state index is 12.1. The summed E-state index contributed by atoms with van der Waals surface area (Å²) >= 11 is 0. The van der Waals surface area contributed by atoms with E-state index in [0.29, 0.717) is 11.3 Å². The lowest BCUT2D eigenvalue weighted by atomic mass is 10.0. The molecule has 0 saturated heterocycles. The minimum Gasteiger partial charge on any atom is -0.497 e. The highest BCUT2D eigenvalue weighted by Gasteiger charge is 2.24. The van der Waals surface area contributed by atoms with Crippen molar-refractivity contribution in [3.63, 3.8) is 0 Å². The summed E-state index contributed by atoms with van der Waals surface area (Å²) in [5.41, 5.74) is 2.69. The molecule has 0 aromatic heterocycles. The Morgan fingerprint density at radius 3 is 2.15 bits per heavy atom. The van der Waals surface area contributed by atoms with Crippen LogP contribution in [0.3, 0.4) is 0 Å². The van der Waals surface area contributed by atoms with Gasteiger partial charge in [0.05, 0.1) is 14.2 Å². The van der Waals surface area contributed by atoms with Gasteiger partial charge in [0, 0.05) is 5.56 Å². The van der Waals surface area contributed by atoms with E-state index in [0.717, 1.165) is 0 Å². The second kappa shape index (κ2) is 7.49. The predicted octanol–water partition coefficient (Wildman–Crippen LogP) is 1.13. The summed E-state index contributed by atoms with van der Waals surface area (Å²) in [5, 5.41) is 2.68. The molecule has 1 atom stereocenters. The molecule has 0 fully saturated rings. The Labute approximate surface area is 118 Å². The number of benzene rings is 1. The van der Waals surface area contributed by atoms with Gasteiger partial charge in [-0.15, -0.1) is 0 Å². The zero-order valence-corrected chi connectivity index (χ0v) is 12.1. The second-order valence-corrected chi connectivity index (χ2v) is 4.59. The zero-order valence-electron chi connectivity index (χ0n) is 12.1. The monoisotopic (exact) mass is 280 g/mol. The van der Waals surface area contributed by atoms with Gasteiger partial charge in [0.25, 0.3) is 11.8 Å². The van der Waals surface area contributed by atoms with Crippen LogP contribution in [-0.2, 0) is 9.63 Å². The van der Waals surface area contributed by atoms with E-state index in [9.17, 15) is 9.59 Å². The fraction of sp³-hybridized carbons (Fsp3) is 0.429. The normalized spacial score (nSPS) is 11.8. The van der Waals surface area contributed by atoms with Crippen LogP contribution in [0.5, 0.6) is 5.75 Å². The fourth-order valence-corrected chi connectivity index (χ4v) is 1.67. The van der Waals surface area contributed by atoms with Crippen LogP contribution >= 0.6 is 0 Å². The Bertz CT molecular complexity index is 457. The van der Waals surface area contributed by atoms with Crippen LogP contribution in [0.15, 0.2) is 24.3 Å². The molecular formula is C14H20N2O4. The molecule has 2 N–H and O–H groups in total. The van der Waals surface area contributed by atoms with E-state index in [1.54, 1.807) is 31.4 Å². The zero-order chi connectivity index (χ0) is 15.1. The molecular weight excluding hydrogens is 260 g/mol. The first-order chi connectivity index (χ1) is 9.49. The standard InChI is InChI=1S/C14H20N2O4/c1-9(2)12(14(18)16-20-4)15-13(17)10-5-7-11(19-3)8-6-10/h5-9,12H,1-4H3,(H,15,17)(H,16,18). The van der Waals surface area contributed by atoms with Gasteiger partial charge in [-0.2, -0.15) is 0 Å². The number of methoxy groups -OCH3 is 1. The molecule has 0 bridgehead atoms.